The summed E-state index contributed by atoms with van der Waals surface area (Å²) in [5.41, 5.74) is 0. The summed E-state index contributed by atoms with van der Waals surface area (Å²) >= 11 is 0. The molecule has 0 aromatic heterocycles. The van der Waals surface area contributed by atoms with E-state index in [4.69, 9.17) is 0 Å². The van der Waals surface area contributed by atoms with E-state index < -0.39 is 0 Å². The van der Waals surface area contributed by atoms with Gasteiger partial charge in [0.2, 0.25) is 0 Å². The molecule has 0 bridgehead atoms. The molecule has 0 spiro atoms. The van der Waals surface area contributed by atoms with E-state index in [1.54, 1.807) is 0 Å². The molecule has 1 saturated heterocycles. The van der Waals surface area contributed by atoms with Crippen LogP contribution in [0.1, 0.15) is 26.7 Å². The average Bonchev–Trinajstić information content (AvgIpc) is 2.41. The molecule has 0 unspecified atom stereocenters. The Labute approximate surface area is 113 Å². The third kappa shape index (κ3) is 7.31. The second-order valence-corrected chi connectivity index (χ2v) is 5.09. The van der Waals surface area contributed by atoms with Crippen LogP contribution in [0.4, 0.5) is 0 Å². The van der Waals surface area contributed by atoms with Crippen molar-refractivity contribution in [1.82, 2.24) is 20.4 Å². The van der Waals surface area contributed by atoms with E-state index in [2.05, 4.69) is 34.3 Å². The maximum absolute atomic E-state index is 3.55. The molecule has 0 aliphatic carbocycles. The topological polar surface area (TPSA) is 30.5 Å². The molecule has 1 aliphatic heterocycles. The standard InChI is InChI=1S/C14H32N4/c1-3-15-7-5-11-18-12-9-16-8-6-10-17(4-2)13-14-18/h15-16H,3-14H2,1-2H3. The molecule has 1 rings (SSSR count). The number of nitrogens with zero attached hydrogens (tertiary/aromatic N) is 2. The van der Waals surface area contributed by atoms with Gasteiger partial charge in [-0.1, -0.05) is 13.8 Å². The number of nitrogens with one attached hydrogen (secondary N) is 2. The van der Waals surface area contributed by atoms with Gasteiger partial charge in [0.25, 0.3) is 0 Å². The number of rotatable bonds is 6. The van der Waals surface area contributed by atoms with Crippen molar-refractivity contribution in [3.8, 4) is 0 Å². The molecule has 108 valence electrons. The molecule has 0 radical (unpaired) electrons. The summed E-state index contributed by atoms with van der Waals surface area (Å²) in [6.45, 7) is 16.3. The normalized spacial score (nSPS) is 21.0. The highest BCUT2D eigenvalue weighted by Gasteiger charge is 2.09. The van der Waals surface area contributed by atoms with Crippen molar-refractivity contribution in [2.24, 2.45) is 0 Å². The van der Waals surface area contributed by atoms with Crippen LogP contribution >= 0.6 is 0 Å². The lowest BCUT2D eigenvalue weighted by Crippen LogP contribution is -2.42. The molecule has 18 heavy (non-hydrogen) atoms. The lowest BCUT2D eigenvalue weighted by molar-refractivity contribution is 0.197. The maximum Gasteiger partial charge on any atom is 0.0110 e. The third-order valence-corrected chi connectivity index (χ3v) is 3.69. The van der Waals surface area contributed by atoms with Crippen molar-refractivity contribution in [2.75, 3.05) is 65.4 Å². The zero-order chi connectivity index (χ0) is 13.1. The van der Waals surface area contributed by atoms with Gasteiger partial charge in [-0.25, -0.2) is 0 Å². The highest BCUT2D eigenvalue weighted by atomic mass is 15.2. The maximum atomic E-state index is 3.55. The molecule has 0 saturated carbocycles. The van der Waals surface area contributed by atoms with Gasteiger partial charge in [0.1, 0.15) is 0 Å². The highest BCUT2D eigenvalue weighted by Crippen LogP contribution is 1.97. The molecule has 1 fully saturated rings. The summed E-state index contributed by atoms with van der Waals surface area (Å²) in [5, 5.41) is 6.95. The van der Waals surface area contributed by atoms with Gasteiger partial charge in [-0.3, -0.25) is 0 Å². The fourth-order valence-electron chi connectivity index (χ4n) is 2.44. The van der Waals surface area contributed by atoms with Gasteiger partial charge in [0, 0.05) is 26.2 Å². The van der Waals surface area contributed by atoms with Gasteiger partial charge in [-0.15, -0.1) is 0 Å². The van der Waals surface area contributed by atoms with Gasteiger partial charge in [0.05, 0.1) is 0 Å². The van der Waals surface area contributed by atoms with Gasteiger partial charge in [-0.05, 0) is 52.1 Å². The van der Waals surface area contributed by atoms with E-state index in [0.29, 0.717) is 0 Å². The predicted octanol–water partition coefficient (Wildman–Crippen LogP) is 0.603. The van der Waals surface area contributed by atoms with Crippen LogP contribution in [-0.2, 0) is 0 Å². The summed E-state index contributed by atoms with van der Waals surface area (Å²) in [6, 6.07) is 0. The van der Waals surface area contributed by atoms with E-state index in [1.165, 1.54) is 58.7 Å². The van der Waals surface area contributed by atoms with Crippen molar-refractivity contribution in [1.29, 1.82) is 0 Å². The van der Waals surface area contributed by atoms with Crippen molar-refractivity contribution >= 4 is 0 Å². The van der Waals surface area contributed by atoms with Gasteiger partial charge >= 0.3 is 0 Å². The Morgan fingerprint density at radius 2 is 1.83 bits per heavy atom. The van der Waals surface area contributed by atoms with E-state index >= 15 is 0 Å². The quantitative estimate of drug-likeness (QED) is 0.682. The predicted molar refractivity (Wildman–Crippen MR) is 79.2 cm³/mol. The Balaban J connectivity index is 2.24. The van der Waals surface area contributed by atoms with Gasteiger partial charge in [0.15, 0.2) is 0 Å². The minimum atomic E-state index is 1.09. The molecule has 1 aliphatic rings. The average molecular weight is 256 g/mol. The molecule has 2 N–H and O–H groups in total. The fourth-order valence-corrected chi connectivity index (χ4v) is 2.44. The summed E-state index contributed by atoms with van der Waals surface area (Å²) in [5.74, 6) is 0. The minimum absolute atomic E-state index is 1.09. The van der Waals surface area contributed by atoms with Crippen LogP contribution in [0.5, 0.6) is 0 Å². The molecule has 4 nitrogen and oxygen atoms in total. The number of likely N-dealkylation sites (N-methyl/N-ethyl adjacent to an activating group) is 1. The smallest absolute Gasteiger partial charge is 0.0110 e. The van der Waals surface area contributed by atoms with E-state index in [1.807, 2.05) is 0 Å². The Morgan fingerprint density at radius 3 is 2.61 bits per heavy atom. The lowest BCUT2D eigenvalue weighted by Gasteiger charge is -2.28. The second kappa shape index (κ2) is 10.7. The van der Waals surface area contributed by atoms with Gasteiger partial charge < -0.3 is 20.4 Å². The van der Waals surface area contributed by atoms with Crippen LogP contribution in [-0.4, -0.2) is 75.2 Å². The molecule has 4 heteroatoms. The summed E-state index contributed by atoms with van der Waals surface area (Å²) in [4.78, 5) is 5.18. The monoisotopic (exact) mass is 256 g/mol. The lowest BCUT2D eigenvalue weighted by atomic mass is 10.3. The summed E-state index contributed by atoms with van der Waals surface area (Å²) < 4.78 is 0. The highest BCUT2D eigenvalue weighted by molar-refractivity contribution is 4.67. The van der Waals surface area contributed by atoms with Crippen molar-refractivity contribution in [3.63, 3.8) is 0 Å². The molecular weight excluding hydrogens is 224 g/mol. The molecule has 0 atom stereocenters. The van der Waals surface area contributed by atoms with E-state index in [9.17, 15) is 0 Å². The van der Waals surface area contributed by atoms with Crippen LogP contribution in [0, 0.1) is 0 Å². The minimum Gasteiger partial charge on any atom is -0.317 e. The summed E-state index contributed by atoms with van der Waals surface area (Å²) in [6.07, 6.45) is 2.55. The van der Waals surface area contributed by atoms with Crippen LogP contribution in [0.2, 0.25) is 0 Å². The molecular formula is C14H32N4. The first-order valence-electron chi connectivity index (χ1n) is 7.73. The summed E-state index contributed by atoms with van der Waals surface area (Å²) in [7, 11) is 0. The largest absolute Gasteiger partial charge is 0.317 e. The zero-order valence-corrected chi connectivity index (χ0v) is 12.4. The Kier molecular flexibility index (Phi) is 9.48. The third-order valence-electron chi connectivity index (χ3n) is 3.69. The van der Waals surface area contributed by atoms with Crippen LogP contribution in [0.25, 0.3) is 0 Å². The molecule has 0 amide bonds. The van der Waals surface area contributed by atoms with Gasteiger partial charge in [-0.2, -0.15) is 0 Å². The fraction of sp³-hybridized carbons (Fsp3) is 1.00. The zero-order valence-electron chi connectivity index (χ0n) is 12.4. The number of hydrogen-bond donors (Lipinski definition) is 2. The molecule has 0 aromatic carbocycles. The van der Waals surface area contributed by atoms with Crippen molar-refractivity contribution < 1.29 is 0 Å². The number of hydrogen-bond acceptors (Lipinski definition) is 4. The Morgan fingerprint density at radius 1 is 1.00 bits per heavy atom. The van der Waals surface area contributed by atoms with Crippen LogP contribution in [0.15, 0.2) is 0 Å². The molecule has 1 heterocycles. The Hall–Kier alpha value is -0.160. The van der Waals surface area contributed by atoms with Crippen LogP contribution in [0.3, 0.4) is 0 Å². The Bertz CT molecular complexity index is 187. The van der Waals surface area contributed by atoms with Crippen molar-refractivity contribution in [3.05, 3.63) is 0 Å². The molecule has 0 aromatic rings. The first kappa shape index (κ1) is 15.9. The SMILES string of the molecule is CCNCCCN1CCNCCCN(CC)CC1. The van der Waals surface area contributed by atoms with Crippen molar-refractivity contribution in [2.45, 2.75) is 26.7 Å². The first-order chi connectivity index (χ1) is 8.86. The van der Waals surface area contributed by atoms with Crippen LogP contribution < -0.4 is 10.6 Å². The first-order valence-corrected chi connectivity index (χ1v) is 7.73. The van der Waals surface area contributed by atoms with E-state index in [-0.39, 0.29) is 0 Å². The van der Waals surface area contributed by atoms with E-state index in [0.717, 1.165) is 19.6 Å². The second-order valence-electron chi connectivity index (χ2n) is 5.09.